The minimum absolute atomic E-state index is 0.0815. The zero-order chi connectivity index (χ0) is 11.1. The highest BCUT2D eigenvalue weighted by molar-refractivity contribution is 5.94. The summed E-state index contributed by atoms with van der Waals surface area (Å²) in [6.07, 6.45) is 9.27. The van der Waals surface area contributed by atoms with Crippen molar-refractivity contribution in [1.29, 1.82) is 0 Å². The first-order valence-electron chi connectivity index (χ1n) is 4.97. The first-order chi connectivity index (χ1) is 7.25. The van der Waals surface area contributed by atoms with Gasteiger partial charge in [0.1, 0.15) is 0 Å². The number of aromatic amines is 1. The Hall–Kier alpha value is -1.76. The highest BCUT2D eigenvalue weighted by Gasteiger charge is 2.08. The molecule has 0 radical (unpaired) electrons. The van der Waals surface area contributed by atoms with E-state index in [1.165, 1.54) is 6.20 Å². The molecule has 0 saturated carbocycles. The molecule has 0 bridgehead atoms. The summed E-state index contributed by atoms with van der Waals surface area (Å²) in [5.41, 5.74) is 1.39. The van der Waals surface area contributed by atoms with Crippen LogP contribution in [0.1, 0.15) is 35.3 Å². The number of rotatable bonds is 5. The molecule has 4 nitrogen and oxygen atoms in total. The fraction of sp³-hybridized carbons (Fsp3) is 0.455. The summed E-state index contributed by atoms with van der Waals surface area (Å²) in [7, 11) is 0. The predicted molar refractivity (Wildman–Crippen MR) is 58.3 cm³/mol. The summed E-state index contributed by atoms with van der Waals surface area (Å²) < 4.78 is 0. The Labute approximate surface area is 89.5 Å². The number of hydrogen-bond acceptors (Lipinski definition) is 2. The number of nitrogens with one attached hydrogen (secondary N) is 2. The fourth-order valence-electron chi connectivity index (χ4n) is 1.23. The summed E-state index contributed by atoms with van der Waals surface area (Å²) in [6.45, 7) is 2.48. The number of aromatic nitrogens is 2. The maximum atomic E-state index is 11.5. The lowest BCUT2D eigenvalue weighted by Crippen LogP contribution is -2.24. The smallest absolute Gasteiger partial charge is 0.254 e. The number of hydrogen-bond donors (Lipinski definition) is 2. The molecule has 0 aliphatic carbocycles. The Bertz CT molecular complexity index is 362. The van der Waals surface area contributed by atoms with E-state index in [4.69, 9.17) is 6.42 Å². The Morgan fingerprint density at radius 3 is 3.07 bits per heavy atom. The van der Waals surface area contributed by atoms with Crippen LogP contribution in [-0.2, 0) is 0 Å². The Kier molecular flexibility index (Phi) is 4.42. The van der Waals surface area contributed by atoms with Crippen molar-refractivity contribution >= 4 is 5.91 Å². The molecule has 1 aromatic heterocycles. The SMILES string of the molecule is C#CCCCCNC(=O)c1cn[nH]c1C. The van der Waals surface area contributed by atoms with Gasteiger partial charge in [-0.05, 0) is 19.8 Å². The van der Waals surface area contributed by atoms with Gasteiger partial charge >= 0.3 is 0 Å². The number of terminal acetylenes is 1. The number of nitrogens with zero attached hydrogens (tertiary/aromatic N) is 1. The first-order valence-corrected chi connectivity index (χ1v) is 4.97. The maximum Gasteiger partial charge on any atom is 0.254 e. The Balaban J connectivity index is 2.26. The van der Waals surface area contributed by atoms with Crippen molar-refractivity contribution in [3.63, 3.8) is 0 Å². The molecule has 15 heavy (non-hydrogen) atoms. The summed E-state index contributed by atoms with van der Waals surface area (Å²) in [6, 6.07) is 0. The van der Waals surface area contributed by atoms with Crippen LogP contribution in [0.3, 0.4) is 0 Å². The number of carbonyl (C=O) groups excluding carboxylic acids is 1. The van der Waals surface area contributed by atoms with Crippen molar-refractivity contribution < 1.29 is 4.79 Å². The third-order valence-corrected chi connectivity index (χ3v) is 2.11. The quantitative estimate of drug-likeness (QED) is 0.561. The van der Waals surface area contributed by atoms with Gasteiger partial charge in [0.25, 0.3) is 5.91 Å². The summed E-state index contributed by atoms with van der Waals surface area (Å²) in [5, 5.41) is 9.33. The highest BCUT2D eigenvalue weighted by atomic mass is 16.1. The van der Waals surface area contributed by atoms with E-state index in [-0.39, 0.29) is 5.91 Å². The van der Waals surface area contributed by atoms with Gasteiger partial charge < -0.3 is 5.32 Å². The predicted octanol–water partition coefficient (Wildman–Crippen LogP) is 1.25. The second-order valence-electron chi connectivity index (χ2n) is 3.33. The summed E-state index contributed by atoms with van der Waals surface area (Å²) in [4.78, 5) is 11.5. The molecule has 1 aromatic rings. The van der Waals surface area contributed by atoms with Crippen molar-refractivity contribution in [2.45, 2.75) is 26.2 Å². The number of aryl methyl sites for hydroxylation is 1. The van der Waals surface area contributed by atoms with Gasteiger partial charge in [-0.2, -0.15) is 5.10 Å². The standard InChI is InChI=1S/C11H15N3O/c1-3-4-5-6-7-12-11(15)10-8-13-14-9(10)2/h1,8H,4-7H2,2H3,(H,12,15)(H,13,14). The lowest BCUT2D eigenvalue weighted by molar-refractivity contribution is 0.0952. The highest BCUT2D eigenvalue weighted by Crippen LogP contribution is 2.01. The largest absolute Gasteiger partial charge is 0.352 e. The van der Waals surface area contributed by atoms with Gasteiger partial charge in [0.05, 0.1) is 11.8 Å². The molecule has 4 heteroatoms. The third kappa shape index (κ3) is 3.47. The molecule has 0 aromatic carbocycles. The van der Waals surface area contributed by atoms with Crippen LogP contribution in [0.5, 0.6) is 0 Å². The van der Waals surface area contributed by atoms with Crippen LogP contribution in [0.15, 0.2) is 6.20 Å². The van der Waals surface area contributed by atoms with Crippen LogP contribution < -0.4 is 5.32 Å². The van der Waals surface area contributed by atoms with Crippen LogP contribution in [-0.4, -0.2) is 22.6 Å². The van der Waals surface area contributed by atoms with Gasteiger partial charge in [0.2, 0.25) is 0 Å². The van der Waals surface area contributed by atoms with Gasteiger partial charge in [-0.3, -0.25) is 9.89 Å². The molecule has 0 unspecified atom stereocenters. The van der Waals surface area contributed by atoms with E-state index < -0.39 is 0 Å². The topological polar surface area (TPSA) is 57.8 Å². The molecule has 0 aliphatic rings. The van der Waals surface area contributed by atoms with Crippen LogP contribution in [0.4, 0.5) is 0 Å². The molecule has 0 atom stereocenters. The molecule has 0 fully saturated rings. The number of H-pyrrole nitrogens is 1. The molecule has 0 aliphatic heterocycles. The number of amides is 1. The second kappa shape index (κ2) is 5.86. The summed E-state index contributed by atoms with van der Waals surface area (Å²) in [5.74, 6) is 2.48. The molecule has 0 saturated heterocycles. The lowest BCUT2D eigenvalue weighted by atomic mass is 10.2. The van der Waals surface area contributed by atoms with E-state index in [9.17, 15) is 4.79 Å². The van der Waals surface area contributed by atoms with Crippen LogP contribution in [0, 0.1) is 19.3 Å². The Morgan fingerprint density at radius 2 is 2.47 bits per heavy atom. The lowest BCUT2D eigenvalue weighted by Gasteiger charge is -2.02. The van der Waals surface area contributed by atoms with Gasteiger partial charge in [-0.1, -0.05) is 0 Å². The van der Waals surface area contributed by atoms with E-state index >= 15 is 0 Å². The minimum atomic E-state index is -0.0815. The van der Waals surface area contributed by atoms with Gasteiger partial charge in [-0.15, -0.1) is 12.3 Å². The van der Waals surface area contributed by atoms with E-state index in [0.717, 1.165) is 25.0 Å². The normalized spacial score (nSPS) is 9.60. The number of carbonyl (C=O) groups is 1. The van der Waals surface area contributed by atoms with Crippen molar-refractivity contribution in [3.8, 4) is 12.3 Å². The van der Waals surface area contributed by atoms with Gasteiger partial charge in [0, 0.05) is 18.7 Å². The van der Waals surface area contributed by atoms with Crippen LogP contribution in [0.2, 0.25) is 0 Å². The second-order valence-corrected chi connectivity index (χ2v) is 3.33. The molecule has 1 heterocycles. The van der Waals surface area contributed by atoms with Gasteiger partial charge in [-0.25, -0.2) is 0 Å². The third-order valence-electron chi connectivity index (χ3n) is 2.11. The molecular formula is C11H15N3O. The van der Waals surface area contributed by atoms with E-state index in [1.54, 1.807) is 0 Å². The first kappa shape index (κ1) is 11.3. The van der Waals surface area contributed by atoms with E-state index in [1.807, 2.05) is 6.92 Å². The molecule has 1 rings (SSSR count). The minimum Gasteiger partial charge on any atom is -0.352 e. The summed E-state index contributed by atoms with van der Waals surface area (Å²) >= 11 is 0. The Morgan fingerprint density at radius 1 is 1.67 bits per heavy atom. The van der Waals surface area contributed by atoms with E-state index in [0.29, 0.717) is 12.1 Å². The average molecular weight is 205 g/mol. The molecule has 0 spiro atoms. The van der Waals surface area contributed by atoms with Crippen LogP contribution >= 0.6 is 0 Å². The zero-order valence-corrected chi connectivity index (χ0v) is 8.84. The van der Waals surface area contributed by atoms with Crippen molar-refractivity contribution in [2.24, 2.45) is 0 Å². The van der Waals surface area contributed by atoms with E-state index in [2.05, 4.69) is 21.4 Å². The average Bonchev–Trinajstić information content (AvgIpc) is 2.64. The van der Waals surface area contributed by atoms with Crippen molar-refractivity contribution in [1.82, 2.24) is 15.5 Å². The monoisotopic (exact) mass is 205 g/mol. The van der Waals surface area contributed by atoms with Gasteiger partial charge in [0.15, 0.2) is 0 Å². The maximum absolute atomic E-state index is 11.5. The zero-order valence-electron chi connectivity index (χ0n) is 8.84. The molecule has 1 amide bonds. The van der Waals surface area contributed by atoms with Crippen molar-refractivity contribution in [2.75, 3.05) is 6.54 Å². The molecule has 2 N–H and O–H groups in total. The van der Waals surface area contributed by atoms with Crippen molar-refractivity contribution in [3.05, 3.63) is 17.5 Å². The molecule has 80 valence electrons. The fourth-order valence-corrected chi connectivity index (χ4v) is 1.23. The number of unbranched alkanes of at least 4 members (excludes halogenated alkanes) is 2. The van der Waals surface area contributed by atoms with Crippen LogP contribution in [0.25, 0.3) is 0 Å². The molecular weight excluding hydrogens is 190 g/mol.